The van der Waals surface area contributed by atoms with E-state index >= 15 is 0 Å². The summed E-state index contributed by atoms with van der Waals surface area (Å²) in [4.78, 5) is 42.8. The molecule has 8 heteroatoms. The minimum absolute atomic E-state index is 0.000253. The Morgan fingerprint density at radius 2 is 1.78 bits per heavy atom. The molecule has 7 nitrogen and oxygen atoms in total. The second-order valence-electron chi connectivity index (χ2n) is 5.55. The van der Waals surface area contributed by atoms with Crippen molar-refractivity contribution >= 4 is 35.0 Å². The highest BCUT2D eigenvalue weighted by molar-refractivity contribution is 7.99. The number of nitrogens with one attached hydrogen (secondary N) is 2. The predicted molar refractivity (Wildman–Crippen MR) is 105 cm³/mol. The van der Waals surface area contributed by atoms with Gasteiger partial charge in [0, 0.05) is 17.2 Å². The van der Waals surface area contributed by atoms with Crippen LogP contribution in [0, 0.1) is 0 Å². The lowest BCUT2D eigenvalue weighted by molar-refractivity contribution is -0.113. The van der Waals surface area contributed by atoms with Crippen LogP contribution in [0.2, 0.25) is 0 Å². The average Bonchev–Trinajstić information content (AvgIpc) is 2.66. The van der Waals surface area contributed by atoms with Gasteiger partial charge in [0.1, 0.15) is 5.82 Å². The Labute approximate surface area is 159 Å². The number of para-hydroxylation sites is 1. The first-order chi connectivity index (χ1) is 13.0. The molecule has 0 radical (unpaired) electrons. The van der Waals surface area contributed by atoms with Crippen LogP contribution in [0.3, 0.4) is 0 Å². The maximum absolute atomic E-state index is 12.7. The zero-order valence-electron chi connectivity index (χ0n) is 14.1. The normalized spacial score (nSPS) is 10.4. The molecule has 0 saturated carbocycles. The fourth-order valence-electron chi connectivity index (χ4n) is 2.38. The van der Waals surface area contributed by atoms with Crippen molar-refractivity contribution in [3.8, 4) is 0 Å². The Morgan fingerprint density at radius 1 is 1.07 bits per heavy atom. The van der Waals surface area contributed by atoms with Gasteiger partial charge in [-0.3, -0.25) is 14.4 Å². The minimum atomic E-state index is -0.385. The Hall–Kier alpha value is -3.39. The van der Waals surface area contributed by atoms with Crippen LogP contribution in [0.4, 0.5) is 11.5 Å². The lowest BCUT2D eigenvalue weighted by Gasteiger charge is -2.10. The fraction of sp³-hybridized carbons (Fsp3) is 0.0526. The van der Waals surface area contributed by atoms with Crippen molar-refractivity contribution in [2.45, 2.75) is 5.16 Å². The topological polar surface area (TPSA) is 118 Å². The largest absolute Gasteiger partial charge is 0.383 e. The number of carbonyl (C=O) groups is 2. The highest BCUT2D eigenvalue weighted by Gasteiger charge is 2.15. The third kappa shape index (κ3) is 4.83. The summed E-state index contributed by atoms with van der Waals surface area (Å²) in [6, 6.07) is 16.8. The first kappa shape index (κ1) is 18.4. The number of carbonyl (C=O) groups excluding carboxylic acids is 2. The van der Waals surface area contributed by atoms with E-state index < -0.39 is 0 Å². The first-order valence-corrected chi connectivity index (χ1v) is 9.00. The van der Waals surface area contributed by atoms with Gasteiger partial charge in [-0.25, -0.2) is 4.98 Å². The number of aromatic amines is 1. The summed E-state index contributed by atoms with van der Waals surface area (Å²) in [7, 11) is 0. The summed E-state index contributed by atoms with van der Waals surface area (Å²) in [6.07, 6.45) is 0. The van der Waals surface area contributed by atoms with Gasteiger partial charge in [0.05, 0.1) is 11.4 Å². The van der Waals surface area contributed by atoms with Crippen molar-refractivity contribution in [2.75, 3.05) is 16.8 Å². The van der Waals surface area contributed by atoms with Crippen molar-refractivity contribution < 1.29 is 9.59 Å². The Morgan fingerprint density at radius 3 is 2.52 bits per heavy atom. The molecular formula is C19H16N4O3S. The summed E-state index contributed by atoms with van der Waals surface area (Å²) in [5.41, 5.74) is 6.49. The van der Waals surface area contributed by atoms with Crippen molar-refractivity contribution in [1.82, 2.24) is 9.97 Å². The van der Waals surface area contributed by atoms with Crippen molar-refractivity contribution in [3.05, 3.63) is 82.1 Å². The van der Waals surface area contributed by atoms with Crippen molar-refractivity contribution in [1.29, 1.82) is 0 Å². The zero-order valence-corrected chi connectivity index (χ0v) is 15.0. The number of anilines is 2. The van der Waals surface area contributed by atoms with E-state index in [9.17, 15) is 14.4 Å². The number of ketones is 1. The van der Waals surface area contributed by atoms with Crippen LogP contribution in [0.5, 0.6) is 0 Å². The Balaban J connectivity index is 1.71. The first-order valence-electron chi connectivity index (χ1n) is 8.01. The molecule has 0 spiro atoms. The zero-order chi connectivity index (χ0) is 19.2. The molecule has 136 valence electrons. The van der Waals surface area contributed by atoms with E-state index in [-0.39, 0.29) is 34.0 Å². The van der Waals surface area contributed by atoms with Gasteiger partial charge < -0.3 is 16.0 Å². The molecule has 27 heavy (non-hydrogen) atoms. The minimum Gasteiger partial charge on any atom is -0.383 e. The quantitative estimate of drug-likeness (QED) is 0.343. The molecule has 0 aliphatic rings. The standard InChI is InChI=1S/C19H16N4O3S/c20-15-10-16(24)23-19(22-15)27-11-17(25)21-14-9-5-4-8-13(14)18(26)12-6-2-1-3-7-12/h1-10H,11H2,(H,21,25)(H3,20,22,23,24). The monoisotopic (exact) mass is 380 g/mol. The van der Waals surface area contributed by atoms with Crippen LogP contribution in [0.25, 0.3) is 0 Å². The van der Waals surface area contributed by atoms with E-state index in [1.807, 2.05) is 6.07 Å². The highest BCUT2D eigenvalue weighted by Crippen LogP contribution is 2.20. The Bertz CT molecular complexity index is 1030. The molecule has 0 atom stereocenters. The number of benzene rings is 2. The molecule has 1 aromatic heterocycles. The average molecular weight is 380 g/mol. The van der Waals surface area contributed by atoms with E-state index in [1.165, 1.54) is 0 Å². The van der Waals surface area contributed by atoms with Gasteiger partial charge >= 0.3 is 0 Å². The molecular weight excluding hydrogens is 364 g/mol. The van der Waals surface area contributed by atoms with Gasteiger partial charge in [0.2, 0.25) is 5.91 Å². The second kappa shape index (κ2) is 8.33. The summed E-state index contributed by atoms with van der Waals surface area (Å²) >= 11 is 1.04. The fourth-order valence-corrected chi connectivity index (χ4v) is 3.06. The van der Waals surface area contributed by atoms with Crippen LogP contribution >= 0.6 is 11.8 Å². The second-order valence-corrected chi connectivity index (χ2v) is 6.52. The van der Waals surface area contributed by atoms with Gasteiger partial charge in [-0.05, 0) is 12.1 Å². The number of H-pyrrole nitrogens is 1. The predicted octanol–water partition coefficient (Wildman–Crippen LogP) is 2.31. The number of aromatic nitrogens is 2. The van der Waals surface area contributed by atoms with Gasteiger partial charge in [0.15, 0.2) is 10.9 Å². The maximum atomic E-state index is 12.7. The number of nitrogens with two attached hydrogens (primary N) is 1. The van der Waals surface area contributed by atoms with E-state index in [0.29, 0.717) is 16.8 Å². The van der Waals surface area contributed by atoms with Crippen LogP contribution in [-0.2, 0) is 4.79 Å². The lowest BCUT2D eigenvalue weighted by atomic mass is 10.0. The number of rotatable bonds is 6. The smallest absolute Gasteiger partial charge is 0.253 e. The molecule has 0 aliphatic carbocycles. The molecule has 0 aliphatic heterocycles. The lowest BCUT2D eigenvalue weighted by Crippen LogP contribution is -2.18. The van der Waals surface area contributed by atoms with Crippen LogP contribution in [0.15, 0.2) is 70.6 Å². The molecule has 0 saturated heterocycles. The molecule has 1 amide bonds. The summed E-state index contributed by atoms with van der Waals surface area (Å²) in [5, 5.41) is 2.98. The van der Waals surface area contributed by atoms with Gasteiger partial charge in [-0.1, -0.05) is 54.2 Å². The molecule has 4 N–H and O–H groups in total. The van der Waals surface area contributed by atoms with Gasteiger partial charge in [-0.15, -0.1) is 0 Å². The SMILES string of the molecule is Nc1cc(=O)[nH]c(SCC(=O)Nc2ccccc2C(=O)c2ccccc2)n1. The summed E-state index contributed by atoms with van der Waals surface area (Å²) in [6.45, 7) is 0. The molecule has 2 aromatic carbocycles. The summed E-state index contributed by atoms with van der Waals surface area (Å²) < 4.78 is 0. The molecule has 1 heterocycles. The molecule has 3 aromatic rings. The number of hydrogen-bond acceptors (Lipinski definition) is 6. The van der Waals surface area contributed by atoms with Crippen LogP contribution in [0.1, 0.15) is 15.9 Å². The molecule has 0 fully saturated rings. The van der Waals surface area contributed by atoms with Crippen molar-refractivity contribution in [3.63, 3.8) is 0 Å². The van der Waals surface area contributed by atoms with E-state index in [4.69, 9.17) is 5.73 Å². The number of nitrogens with zero attached hydrogens (tertiary/aromatic N) is 1. The van der Waals surface area contributed by atoms with Gasteiger partial charge in [0.25, 0.3) is 5.56 Å². The number of hydrogen-bond donors (Lipinski definition) is 3. The van der Waals surface area contributed by atoms with E-state index in [0.717, 1.165) is 17.8 Å². The highest BCUT2D eigenvalue weighted by atomic mass is 32.2. The third-order valence-corrected chi connectivity index (χ3v) is 4.43. The molecule has 0 unspecified atom stereocenters. The third-order valence-electron chi connectivity index (χ3n) is 3.56. The van der Waals surface area contributed by atoms with E-state index in [2.05, 4.69) is 15.3 Å². The number of nitrogen functional groups attached to an aromatic ring is 1. The maximum Gasteiger partial charge on any atom is 0.253 e. The van der Waals surface area contributed by atoms with Crippen molar-refractivity contribution in [2.24, 2.45) is 0 Å². The summed E-state index contributed by atoms with van der Waals surface area (Å²) in [5.74, 6) is -0.430. The number of thioether (sulfide) groups is 1. The van der Waals surface area contributed by atoms with E-state index in [1.54, 1.807) is 48.5 Å². The Kier molecular flexibility index (Phi) is 5.68. The van der Waals surface area contributed by atoms with Crippen LogP contribution < -0.4 is 16.6 Å². The number of amides is 1. The molecule has 3 rings (SSSR count). The van der Waals surface area contributed by atoms with Crippen LogP contribution in [-0.4, -0.2) is 27.4 Å². The van der Waals surface area contributed by atoms with Gasteiger partial charge in [-0.2, -0.15) is 0 Å². The molecule has 0 bridgehead atoms.